The maximum atomic E-state index is 11.9. The van der Waals surface area contributed by atoms with E-state index >= 15 is 0 Å². The zero-order valence-corrected chi connectivity index (χ0v) is 10.5. The Kier molecular flexibility index (Phi) is 3.78. The van der Waals surface area contributed by atoms with Gasteiger partial charge in [-0.3, -0.25) is 10.1 Å². The van der Waals surface area contributed by atoms with Gasteiger partial charge in [-0.15, -0.1) is 0 Å². The maximum absolute atomic E-state index is 11.9. The first-order valence-electron chi connectivity index (χ1n) is 5.42. The van der Waals surface area contributed by atoms with E-state index in [0.717, 1.165) is 0 Å². The molecule has 1 aromatic rings. The molecule has 0 radical (unpaired) electrons. The van der Waals surface area contributed by atoms with Crippen LogP contribution in [0.4, 0.5) is 5.95 Å². The van der Waals surface area contributed by atoms with Crippen LogP contribution in [0.3, 0.4) is 0 Å². The first kappa shape index (κ1) is 12.8. The molecule has 1 aromatic heterocycles. The minimum absolute atomic E-state index is 0.0736. The lowest BCUT2D eigenvalue weighted by Crippen LogP contribution is -2.24. The van der Waals surface area contributed by atoms with Crippen molar-refractivity contribution in [3.8, 4) is 5.88 Å². The average molecular weight is 269 g/mol. The van der Waals surface area contributed by atoms with Crippen molar-refractivity contribution in [1.82, 2.24) is 9.97 Å². The zero-order chi connectivity index (χ0) is 13.1. The predicted octanol–water partition coefficient (Wildman–Crippen LogP) is 0.981. The first-order valence-corrected chi connectivity index (χ1v) is 5.79. The quantitative estimate of drug-likeness (QED) is 0.630. The maximum Gasteiger partial charge on any atom is 0.234 e. The number of hydrogen-bond donors (Lipinski definition) is 2. The Labute approximate surface area is 109 Å². The van der Waals surface area contributed by atoms with Crippen LogP contribution in [-0.2, 0) is 4.79 Å². The molecule has 2 rings (SSSR count). The minimum atomic E-state index is -0.256. The number of hydrogen-bond acceptors (Lipinski definition) is 5. The number of nitrogens with zero attached hydrogens (tertiary/aromatic N) is 2. The fourth-order valence-corrected chi connectivity index (χ4v) is 1.86. The number of amides is 1. The molecule has 3 N–H and O–H groups in total. The van der Waals surface area contributed by atoms with Crippen LogP contribution in [-0.4, -0.2) is 29.0 Å². The van der Waals surface area contributed by atoms with Crippen molar-refractivity contribution in [2.45, 2.75) is 12.5 Å². The van der Waals surface area contributed by atoms with Gasteiger partial charge in [-0.25, -0.2) is 4.98 Å². The summed E-state index contributed by atoms with van der Waals surface area (Å²) >= 11 is 5.78. The number of carbonyl (C=O) groups excluding carboxylic acids is 1. The molecule has 0 spiro atoms. The number of aromatic nitrogens is 2. The molecule has 2 atom stereocenters. The van der Waals surface area contributed by atoms with Crippen molar-refractivity contribution in [2.24, 2.45) is 11.7 Å². The van der Waals surface area contributed by atoms with Crippen molar-refractivity contribution < 1.29 is 9.53 Å². The molecule has 6 nitrogen and oxygen atoms in total. The van der Waals surface area contributed by atoms with Crippen LogP contribution in [0.5, 0.6) is 5.88 Å². The molecular weight excluding hydrogens is 256 g/mol. The molecule has 96 valence electrons. The number of ether oxygens (including phenoxy) is 1. The third-order valence-electron chi connectivity index (χ3n) is 2.57. The second kappa shape index (κ2) is 5.32. The lowest BCUT2D eigenvalue weighted by molar-refractivity contribution is -0.118. The molecule has 1 aliphatic carbocycles. The Balaban J connectivity index is 2.07. The van der Waals surface area contributed by atoms with Gasteiger partial charge in [-0.1, -0.05) is 23.8 Å². The largest absolute Gasteiger partial charge is 0.481 e. The predicted molar refractivity (Wildman–Crippen MR) is 67.4 cm³/mol. The summed E-state index contributed by atoms with van der Waals surface area (Å²) in [5.74, 6) is -0.0423. The molecule has 1 amide bonds. The highest BCUT2D eigenvalue weighted by Gasteiger charge is 2.23. The van der Waals surface area contributed by atoms with E-state index in [1.807, 2.05) is 6.08 Å². The Morgan fingerprint density at radius 1 is 1.56 bits per heavy atom. The number of nitrogens with one attached hydrogen (secondary N) is 1. The van der Waals surface area contributed by atoms with Crippen molar-refractivity contribution in [3.05, 3.63) is 23.4 Å². The van der Waals surface area contributed by atoms with Crippen LogP contribution in [0.2, 0.25) is 5.15 Å². The van der Waals surface area contributed by atoms with Gasteiger partial charge >= 0.3 is 0 Å². The lowest BCUT2D eigenvalue weighted by atomic mass is 10.1. The zero-order valence-electron chi connectivity index (χ0n) is 9.76. The summed E-state index contributed by atoms with van der Waals surface area (Å²) < 4.78 is 4.94. The molecule has 1 aliphatic rings. The molecule has 0 bridgehead atoms. The highest BCUT2D eigenvalue weighted by Crippen LogP contribution is 2.20. The van der Waals surface area contributed by atoms with Crippen LogP contribution in [0.15, 0.2) is 18.2 Å². The number of nitrogens with two attached hydrogens (primary N) is 1. The average Bonchev–Trinajstić information content (AvgIpc) is 2.75. The lowest BCUT2D eigenvalue weighted by Gasteiger charge is -2.10. The van der Waals surface area contributed by atoms with Crippen molar-refractivity contribution in [3.63, 3.8) is 0 Å². The molecule has 0 aromatic carbocycles. The van der Waals surface area contributed by atoms with E-state index in [1.54, 1.807) is 6.08 Å². The Morgan fingerprint density at radius 3 is 2.94 bits per heavy atom. The van der Waals surface area contributed by atoms with Gasteiger partial charge < -0.3 is 10.5 Å². The molecule has 0 aliphatic heterocycles. The van der Waals surface area contributed by atoms with Gasteiger partial charge in [-0.05, 0) is 6.42 Å². The SMILES string of the molecule is COc1cc(Cl)nc(NC(=O)C2C=CC(N)C2)n1. The Morgan fingerprint density at radius 2 is 2.33 bits per heavy atom. The second-order valence-electron chi connectivity index (χ2n) is 3.94. The number of rotatable bonds is 3. The summed E-state index contributed by atoms with van der Waals surface area (Å²) in [6.45, 7) is 0. The van der Waals surface area contributed by atoms with Gasteiger partial charge in [0.1, 0.15) is 5.15 Å². The summed E-state index contributed by atoms with van der Waals surface area (Å²) in [6, 6.07) is 1.39. The number of methoxy groups -OCH3 is 1. The standard InChI is InChI=1S/C11H13ClN4O2/c1-18-9-5-8(12)14-11(15-9)16-10(17)6-2-3-7(13)4-6/h2-3,5-7H,4,13H2,1H3,(H,14,15,16,17). The van der Waals surface area contributed by atoms with E-state index in [4.69, 9.17) is 22.1 Å². The molecule has 0 fully saturated rings. The van der Waals surface area contributed by atoms with Crippen LogP contribution in [0.25, 0.3) is 0 Å². The summed E-state index contributed by atoms with van der Waals surface area (Å²) in [4.78, 5) is 19.8. The highest BCUT2D eigenvalue weighted by atomic mass is 35.5. The van der Waals surface area contributed by atoms with E-state index in [0.29, 0.717) is 12.3 Å². The highest BCUT2D eigenvalue weighted by molar-refractivity contribution is 6.29. The normalized spacial score (nSPS) is 21.9. The van der Waals surface area contributed by atoms with Crippen molar-refractivity contribution in [1.29, 1.82) is 0 Å². The molecule has 18 heavy (non-hydrogen) atoms. The number of carbonyl (C=O) groups is 1. The third-order valence-corrected chi connectivity index (χ3v) is 2.76. The number of halogens is 1. The minimum Gasteiger partial charge on any atom is -0.481 e. The van der Waals surface area contributed by atoms with E-state index in [9.17, 15) is 4.79 Å². The summed E-state index contributed by atoms with van der Waals surface area (Å²) in [5, 5.41) is 2.79. The molecule has 1 heterocycles. The monoisotopic (exact) mass is 268 g/mol. The molecule has 0 saturated heterocycles. The van der Waals surface area contributed by atoms with E-state index in [1.165, 1.54) is 13.2 Å². The summed E-state index contributed by atoms with van der Waals surface area (Å²) in [6.07, 6.45) is 4.18. The van der Waals surface area contributed by atoms with E-state index in [2.05, 4.69) is 15.3 Å². The molecular formula is C11H13ClN4O2. The smallest absolute Gasteiger partial charge is 0.234 e. The van der Waals surface area contributed by atoms with Gasteiger partial charge in [0, 0.05) is 12.1 Å². The topological polar surface area (TPSA) is 90.1 Å². The second-order valence-corrected chi connectivity index (χ2v) is 4.32. The molecule has 0 saturated carbocycles. The van der Waals surface area contributed by atoms with Crippen molar-refractivity contribution >= 4 is 23.5 Å². The fraction of sp³-hybridized carbons (Fsp3) is 0.364. The summed E-state index contributed by atoms with van der Waals surface area (Å²) in [7, 11) is 1.46. The van der Waals surface area contributed by atoms with Gasteiger partial charge in [0.2, 0.25) is 17.7 Å². The van der Waals surface area contributed by atoms with E-state index in [-0.39, 0.29) is 29.0 Å². The third kappa shape index (κ3) is 2.96. The summed E-state index contributed by atoms with van der Waals surface area (Å²) in [5.41, 5.74) is 5.69. The fourth-order valence-electron chi connectivity index (χ4n) is 1.68. The van der Waals surface area contributed by atoms with Crippen LogP contribution >= 0.6 is 11.6 Å². The van der Waals surface area contributed by atoms with Crippen LogP contribution in [0, 0.1) is 5.92 Å². The van der Waals surface area contributed by atoms with Gasteiger partial charge in [0.25, 0.3) is 0 Å². The molecule has 7 heteroatoms. The Bertz CT molecular complexity index is 492. The van der Waals surface area contributed by atoms with Gasteiger partial charge in [0.05, 0.1) is 13.0 Å². The van der Waals surface area contributed by atoms with Crippen LogP contribution in [0.1, 0.15) is 6.42 Å². The first-order chi connectivity index (χ1) is 8.58. The van der Waals surface area contributed by atoms with Crippen LogP contribution < -0.4 is 15.8 Å². The molecule has 2 unspecified atom stereocenters. The van der Waals surface area contributed by atoms with E-state index < -0.39 is 0 Å². The Hall–Kier alpha value is -1.66. The van der Waals surface area contributed by atoms with Crippen molar-refractivity contribution in [2.75, 3.05) is 12.4 Å². The van der Waals surface area contributed by atoms with Gasteiger partial charge in [0.15, 0.2) is 0 Å². The number of anilines is 1. The van der Waals surface area contributed by atoms with Gasteiger partial charge in [-0.2, -0.15) is 4.98 Å².